The zero-order valence-corrected chi connectivity index (χ0v) is 9.88. The monoisotopic (exact) mass is 210 g/mol. The molecule has 0 aliphatic heterocycles. The highest BCUT2D eigenvalue weighted by Gasteiger charge is 2.21. The topological polar surface area (TPSA) is 45.0 Å². The molecule has 1 rings (SSSR count). The lowest BCUT2D eigenvalue weighted by Crippen LogP contribution is -2.39. The molecule has 0 amide bonds. The van der Waals surface area contributed by atoms with E-state index in [0.717, 1.165) is 18.9 Å². The van der Waals surface area contributed by atoms with Crippen LogP contribution in [0.2, 0.25) is 0 Å². The lowest BCUT2D eigenvalue weighted by atomic mass is 10.0. The van der Waals surface area contributed by atoms with E-state index in [0.29, 0.717) is 6.61 Å². The Labute approximate surface area is 92.8 Å². The van der Waals surface area contributed by atoms with Crippen molar-refractivity contribution < 1.29 is 4.74 Å². The van der Waals surface area contributed by atoms with Crippen LogP contribution >= 0.6 is 0 Å². The number of hydrogen-bond acceptors (Lipinski definition) is 3. The maximum Gasteiger partial charge on any atom is 0.105 e. The number of nitrogens with one attached hydrogen (secondary N) is 1. The van der Waals surface area contributed by atoms with Gasteiger partial charge in [-0.2, -0.15) is 5.26 Å². The number of rotatable bonds is 6. The smallest absolute Gasteiger partial charge is 0.105 e. The Bertz CT molecular complexity index is 218. The van der Waals surface area contributed by atoms with Gasteiger partial charge in [-0.05, 0) is 32.7 Å². The first-order chi connectivity index (χ1) is 7.20. The van der Waals surface area contributed by atoms with Crippen LogP contribution in [0.5, 0.6) is 0 Å². The predicted molar refractivity (Wildman–Crippen MR) is 60.5 cm³/mol. The molecule has 1 unspecified atom stereocenters. The first kappa shape index (κ1) is 12.5. The van der Waals surface area contributed by atoms with E-state index in [9.17, 15) is 0 Å². The van der Waals surface area contributed by atoms with Crippen molar-refractivity contribution >= 4 is 0 Å². The Morgan fingerprint density at radius 2 is 2.13 bits per heavy atom. The maximum absolute atomic E-state index is 8.93. The fourth-order valence-electron chi connectivity index (χ4n) is 1.94. The van der Waals surface area contributed by atoms with Crippen molar-refractivity contribution in [1.29, 1.82) is 5.26 Å². The minimum atomic E-state index is -0.435. The highest BCUT2D eigenvalue weighted by atomic mass is 16.5. The van der Waals surface area contributed by atoms with E-state index in [2.05, 4.69) is 11.4 Å². The van der Waals surface area contributed by atoms with Crippen molar-refractivity contribution in [2.45, 2.75) is 44.6 Å². The molecule has 0 aromatic heterocycles. The van der Waals surface area contributed by atoms with E-state index >= 15 is 0 Å². The van der Waals surface area contributed by atoms with Crippen molar-refractivity contribution in [3.05, 3.63) is 0 Å². The highest BCUT2D eigenvalue weighted by Crippen LogP contribution is 2.24. The molecule has 0 radical (unpaired) electrons. The summed E-state index contributed by atoms with van der Waals surface area (Å²) in [5.74, 6) is 0.771. The number of hydrogen-bond donors (Lipinski definition) is 1. The normalized spacial score (nSPS) is 21.1. The summed E-state index contributed by atoms with van der Waals surface area (Å²) in [6, 6.07) is 2.27. The first-order valence-corrected chi connectivity index (χ1v) is 5.88. The van der Waals surface area contributed by atoms with E-state index in [-0.39, 0.29) is 0 Å². The second-order valence-corrected chi connectivity index (χ2v) is 4.67. The molecule has 15 heavy (non-hydrogen) atoms. The van der Waals surface area contributed by atoms with E-state index in [1.54, 1.807) is 0 Å². The van der Waals surface area contributed by atoms with Crippen LogP contribution in [0.15, 0.2) is 0 Å². The molecule has 0 aromatic carbocycles. The van der Waals surface area contributed by atoms with Crippen molar-refractivity contribution in [3.63, 3.8) is 0 Å². The molecule has 3 nitrogen and oxygen atoms in total. The molecule has 1 N–H and O–H groups in total. The van der Waals surface area contributed by atoms with Crippen LogP contribution in [-0.2, 0) is 4.74 Å². The predicted octanol–water partition coefficient (Wildman–Crippen LogP) is 2.08. The van der Waals surface area contributed by atoms with Crippen LogP contribution in [0.4, 0.5) is 0 Å². The van der Waals surface area contributed by atoms with Gasteiger partial charge in [0.05, 0.1) is 6.07 Å². The standard InChI is InChI=1S/C12H22N2O/c1-12(10-13,14-2)7-8-15-9-11-5-3-4-6-11/h11,14H,3-9H2,1-2H3. The molecule has 3 heteroatoms. The Morgan fingerprint density at radius 1 is 1.47 bits per heavy atom. The molecule has 0 aromatic rings. The summed E-state index contributed by atoms with van der Waals surface area (Å²) in [6.07, 6.45) is 6.12. The fourth-order valence-corrected chi connectivity index (χ4v) is 1.94. The van der Waals surface area contributed by atoms with Gasteiger partial charge in [0.1, 0.15) is 5.54 Å². The van der Waals surface area contributed by atoms with E-state index < -0.39 is 5.54 Å². The molecular weight excluding hydrogens is 188 g/mol. The third-order valence-corrected chi connectivity index (χ3v) is 3.37. The Kier molecular flexibility index (Phi) is 5.07. The number of nitrogens with zero attached hydrogens (tertiary/aromatic N) is 1. The lowest BCUT2D eigenvalue weighted by Gasteiger charge is -2.20. The molecule has 0 bridgehead atoms. The molecule has 0 heterocycles. The van der Waals surface area contributed by atoms with Crippen molar-refractivity contribution in [2.24, 2.45) is 5.92 Å². The summed E-state index contributed by atoms with van der Waals surface area (Å²) in [4.78, 5) is 0. The molecular formula is C12H22N2O. The zero-order valence-electron chi connectivity index (χ0n) is 9.88. The maximum atomic E-state index is 8.93. The molecule has 1 aliphatic carbocycles. The van der Waals surface area contributed by atoms with Gasteiger partial charge in [-0.25, -0.2) is 0 Å². The van der Waals surface area contributed by atoms with Crippen LogP contribution < -0.4 is 5.32 Å². The van der Waals surface area contributed by atoms with Crippen LogP contribution in [-0.4, -0.2) is 25.8 Å². The third-order valence-electron chi connectivity index (χ3n) is 3.37. The first-order valence-electron chi connectivity index (χ1n) is 5.88. The minimum absolute atomic E-state index is 0.435. The lowest BCUT2D eigenvalue weighted by molar-refractivity contribution is 0.0898. The fraction of sp³-hybridized carbons (Fsp3) is 0.917. The highest BCUT2D eigenvalue weighted by molar-refractivity contribution is 5.02. The summed E-state index contributed by atoms with van der Waals surface area (Å²) in [7, 11) is 1.82. The van der Waals surface area contributed by atoms with Gasteiger partial charge in [0.2, 0.25) is 0 Å². The summed E-state index contributed by atoms with van der Waals surface area (Å²) < 4.78 is 5.63. The van der Waals surface area contributed by atoms with Crippen molar-refractivity contribution in [3.8, 4) is 6.07 Å². The average Bonchev–Trinajstić information content (AvgIpc) is 2.77. The second kappa shape index (κ2) is 6.09. The number of nitriles is 1. The van der Waals surface area contributed by atoms with Gasteiger partial charge < -0.3 is 10.1 Å². The molecule has 1 aliphatic rings. The molecule has 0 saturated heterocycles. The Morgan fingerprint density at radius 3 is 2.67 bits per heavy atom. The van der Waals surface area contributed by atoms with Gasteiger partial charge in [0.15, 0.2) is 0 Å². The van der Waals surface area contributed by atoms with Gasteiger partial charge in [0, 0.05) is 19.6 Å². The van der Waals surface area contributed by atoms with Gasteiger partial charge in [0.25, 0.3) is 0 Å². The summed E-state index contributed by atoms with van der Waals surface area (Å²) in [6.45, 7) is 3.47. The molecule has 0 spiro atoms. The van der Waals surface area contributed by atoms with Crippen LogP contribution in [0, 0.1) is 17.2 Å². The van der Waals surface area contributed by atoms with Gasteiger partial charge in [-0.1, -0.05) is 12.8 Å². The van der Waals surface area contributed by atoms with Crippen molar-refractivity contribution in [1.82, 2.24) is 5.32 Å². The summed E-state index contributed by atoms with van der Waals surface area (Å²) >= 11 is 0. The van der Waals surface area contributed by atoms with Crippen LogP contribution in [0.1, 0.15) is 39.0 Å². The largest absolute Gasteiger partial charge is 0.381 e. The van der Waals surface area contributed by atoms with E-state index in [1.807, 2.05) is 14.0 Å². The SMILES string of the molecule is CNC(C)(C#N)CCOCC1CCCC1. The van der Waals surface area contributed by atoms with E-state index in [4.69, 9.17) is 10.00 Å². The van der Waals surface area contributed by atoms with Gasteiger partial charge in [-0.15, -0.1) is 0 Å². The minimum Gasteiger partial charge on any atom is -0.381 e. The molecule has 86 valence electrons. The molecule has 1 fully saturated rings. The third kappa shape index (κ3) is 4.19. The van der Waals surface area contributed by atoms with Gasteiger partial charge >= 0.3 is 0 Å². The van der Waals surface area contributed by atoms with Crippen molar-refractivity contribution in [2.75, 3.05) is 20.3 Å². The number of ether oxygens (including phenoxy) is 1. The van der Waals surface area contributed by atoms with Crippen LogP contribution in [0.25, 0.3) is 0 Å². The molecule has 1 atom stereocenters. The van der Waals surface area contributed by atoms with Crippen LogP contribution in [0.3, 0.4) is 0 Å². The summed E-state index contributed by atoms with van der Waals surface area (Å²) in [5.41, 5.74) is -0.435. The average molecular weight is 210 g/mol. The summed E-state index contributed by atoms with van der Waals surface area (Å²) in [5, 5.41) is 11.9. The Balaban J connectivity index is 2.08. The molecule has 1 saturated carbocycles. The zero-order chi connectivity index (χ0) is 11.1. The second-order valence-electron chi connectivity index (χ2n) is 4.67. The van der Waals surface area contributed by atoms with Gasteiger partial charge in [-0.3, -0.25) is 0 Å². The van der Waals surface area contributed by atoms with E-state index in [1.165, 1.54) is 25.7 Å². The quantitative estimate of drug-likeness (QED) is 0.683. The Hall–Kier alpha value is -0.590.